The van der Waals surface area contributed by atoms with Crippen LogP contribution in [0.5, 0.6) is 0 Å². The van der Waals surface area contributed by atoms with Crippen molar-refractivity contribution in [3.8, 4) is 0 Å². The van der Waals surface area contributed by atoms with Crippen molar-refractivity contribution >= 4 is 17.7 Å². The number of carbonyl (C=O) groups excluding carboxylic acids is 1. The first kappa shape index (κ1) is 18.8. The van der Waals surface area contributed by atoms with Gasteiger partial charge in [-0.15, -0.1) is 11.8 Å². The highest BCUT2D eigenvalue weighted by Crippen LogP contribution is 2.21. The molecule has 0 radical (unpaired) electrons. The lowest BCUT2D eigenvalue weighted by Gasteiger charge is -2.17. The summed E-state index contributed by atoms with van der Waals surface area (Å²) in [5.41, 5.74) is 0. The second kappa shape index (κ2) is 12.8. The van der Waals surface area contributed by atoms with E-state index in [2.05, 4.69) is 6.92 Å². The molecular formula is C15H29FO2S. The molecule has 0 N–H and O–H groups in total. The lowest BCUT2D eigenvalue weighted by atomic mass is 10.2. The fourth-order valence-corrected chi connectivity index (χ4v) is 2.92. The number of hydrogen-bond acceptors (Lipinski definition) is 3. The predicted octanol–water partition coefficient (Wildman–Crippen LogP) is 4.76. The zero-order chi connectivity index (χ0) is 14.5. The number of thioether (sulfide) groups is 1. The Kier molecular flexibility index (Phi) is 12.6. The highest BCUT2D eigenvalue weighted by Gasteiger charge is 2.20. The molecule has 1 atom stereocenters. The third-order valence-corrected chi connectivity index (χ3v) is 4.14. The van der Waals surface area contributed by atoms with E-state index < -0.39 is 0 Å². The van der Waals surface area contributed by atoms with Gasteiger partial charge in [0.25, 0.3) is 0 Å². The Morgan fingerprint density at radius 3 is 2.42 bits per heavy atom. The molecule has 19 heavy (non-hydrogen) atoms. The van der Waals surface area contributed by atoms with E-state index in [0.717, 1.165) is 44.3 Å². The van der Waals surface area contributed by atoms with Crippen molar-refractivity contribution in [1.82, 2.24) is 0 Å². The molecule has 0 aromatic carbocycles. The number of carbonyl (C=O) groups is 1. The van der Waals surface area contributed by atoms with Crippen molar-refractivity contribution < 1.29 is 13.9 Å². The van der Waals surface area contributed by atoms with E-state index in [0.29, 0.717) is 6.42 Å². The van der Waals surface area contributed by atoms with Crippen LogP contribution in [0.15, 0.2) is 0 Å². The molecule has 114 valence electrons. The van der Waals surface area contributed by atoms with Gasteiger partial charge in [-0.2, -0.15) is 0 Å². The summed E-state index contributed by atoms with van der Waals surface area (Å²) < 4.78 is 17.2. The molecule has 0 spiro atoms. The van der Waals surface area contributed by atoms with E-state index in [-0.39, 0.29) is 24.0 Å². The fourth-order valence-electron chi connectivity index (χ4n) is 1.74. The van der Waals surface area contributed by atoms with Crippen LogP contribution in [0.2, 0.25) is 0 Å². The molecule has 4 heteroatoms. The molecule has 0 saturated carbocycles. The van der Waals surface area contributed by atoms with Gasteiger partial charge >= 0.3 is 5.97 Å². The van der Waals surface area contributed by atoms with Gasteiger partial charge in [0.2, 0.25) is 0 Å². The average Bonchev–Trinajstić information content (AvgIpc) is 2.36. The summed E-state index contributed by atoms with van der Waals surface area (Å²) in [6.45, 7) is 5.69. The Balaban J connectivity index is 3.88. The largest absolute Gasteiger partial charge is 0.462 e. The van der Waals surface area contributed by atoms with Crippen molar-refractivity contribution in [2.24, 2.45) is 0 Å². The first-order valence-corrected chi connectivity index (χ1v) is 8.54. The van der Waals surface area contributed by atoms with Crippen LogP contribution in [0, 0.1) is 0 Å². The highest BCUT2D eigenvalue weighted by atomic mass is 32.2. The minimum absolute atomic E-state index is 0.0245. The van der Waals surface area contributed by atoms with Crippen molar-refractivity contribution in [2.75, 3.05) is 12.4 Å². The standard InChI is InChI=1S/C15H29FO2S/c1-4-5-10-14(15(17)18-13(2)3)19-12-9-7-6-8-11-16/h13-14H,4-12H2,1-3H3. The van der Waals surface area contributed by atoms with Crippen LogP contribution in [0.3, 0.4) is 0 Å². The van der Waals surface area contributed by atoms with Gasteiger partial charge in [0.05, 0.1) is 12.8 Å². The highest BCUT2D eigenvalue weighted by molar-refractivity contribution is 8.00. The SMILES string of the molecule is CCCCC(SCCCCCCF)C(=O)OC(C)C. The van der Waals surface area contributed by atoms with E-state index in [1.54, 1.807) is 11.8 Å². The summed E-state index contributed by atoms with van der Waals surface area (Å²) in [6.07, 6.45) is 6.75. The third kappa shape index (κ3) is 11.3. The second-order valence-electron chi connectivity index (χ2n) is 5.09. The van der Waals surface area contributed by atoms with Crippen LogP contribution in [0.1, 0.15) is 65.7 Å². The quantitative estimate of drug-likeness (QED) is 0.383. The molecule has 0 bridgehead atoms. The van der Waals surface area contributed by atoms with E-state index in [4.69, 9.17) is 4.74 Å². The molecule has 0 heterocycles. The van der Waals surface area contributed by atoms with Crippen LogP contribution < -0.4 is 0 Å². The van der Waals surface area contributed by atoms with Gasteiger partial charge in [0, 0.05) is 0 Å². The van der Waals surface area contributed by atoms with E-state index in [9.17, 15) is 9.18 Å². The summed E-state index contributed by atoms with van der Waals surface area (Å²) in [5.74, 6) is 0.894. The normalized spacial score (nSPS) is 12.7. The average molecular weight is 292 g/mol. The zero-order valence-corrected chi connectivity index (χ0v) is 13.4. The van der Waals surface area contributed by atoms with Gasteiger partial charge in [0.1, 0.15) is 5.25 Å². The maximum atomic E-state index is 11.9. The third-order valence-electron chi connectivity index (χ3n) is 2.78. The van der Waals surface area contributed by atoms with Crippen molar-refractivity contribution in [1.29, 1.82) is 0 Å². The minimum atomic E-state index is -0.215. The summed E-state index contributed by atoms with van der Waals surface area (Å²) in [7, 11) is 0. The number of alkyl halides is 1. The molecule has 0 aliphatic heterocycles. The molecule has 0 aliphatic rings. The van der Waals surface area contributed by atoms with Gasteiger partial charge in [-0.25, -0.2) is 0 Å². The molecule has 0 saturated heterocycles. The number of ether oxygens (including phenoxy) is 1. The van der Waals surface area contributed by atoms with Gasteiger partial charge in [-0.3, -0.25) is 9.18 Å². The van der Waals surface area contributed by atoms with Crippen LogP contribution in [0.25, 0.3) is 0 Å². The first-order chi connectivity index (χ1) is 9.11. The van der Waals surface area contributed by atoms with E-state index in [1.807, 2.05) is 13.8 Å². The molecule has 0 aromatic heterocycles. The number of rotatable bonds is 12. The fraction of sp³-hybridized carbons (Fsp3) is 0.933. The number of hydrogen-bond donors (Lipinski definition) is 0. The van der Waals surface area contributed by atoms with Crippen molar-refractivity contribution in [2.45, 2.75) is 77.1 Å². The molecule has 1 unspecified atom stereocenters. The zero-order valence-electron chi connectivity index (χ0n) is 12.6. The molecule has 2 nitrogen and oxygen atoms in total. The van der Waals surface area contributed by atoms with Crippen molar-refractivity contribution in [3.05, 3.63) is 0 Å². The summed E-state index contributed by atoms with van der Waals surface area (Å²) >= 11 is 1.70. The van der Waals surface area contributed by atoms with Crippen LogP contribution in [-0.2, 0) is 9.53 Å². The lowest BCUT2D eigenvalue weighted by Crippen LogP contribution is -2.23. The van der Waals surface area contributed by atoms with Gasteiger partial charge in [-0.1, -0.05) is 32.6 Å². The molecular weight excluding hydrogens is 263 g/mol. The summed E-state index contributed by atoms with van der Waals surface area (Å²) in [5, 5.41) is -0.0245. The van der Waals surface area contributed by atoms with Gasteiger partial charge in [-0.05, 0) is 38.9 Å². The minimum Gasteiger partial charge on any atom is -0.462 e. The van der Waals surface area contributed by atoms with E-state index in [1.165, 1.54) is 0 Å². The number of halogens is 1. The Morgan fingerprint density at radius 2 is 1.84 bits per heavy atom. The predicted molar refractivity (Wildman–Crippen MR) is 81.4 cm³/mol. The lowest BCUT2D eigenvalue weighted by molar-refractivity contribution is -0.146. The first-order valence-electron chi connectivity index (χ1n) is 7.49. The van der Waals surface area contributed by atoms with E-state index >= 15 is 0 Å². The number of unbranched alkanes of at least 4 members (excludes halogenated alkanes) is 4. The van der Waals surface area contributed by atoms with Crippen molar-refractivity contribution in [3.63, 3.8) is 0 Å². The Labute approximate surface area is 121 Å². The molecule has 0 rings (SSSR count). The summed E-state index contributed by atoms with van der Waals surface area (Å²) in [4.78, 5) is 11.9. The maximum absolute atomic E-state index is 11.9. The van der Waals surface area contributed by atoms with Crippen LogP contribution in [-0.4, -0.2) is 29.8 Å². The Bertz CT molecular complexity index is 222. The maximum Gasteiger partial charge on any atom is 0.319 e. The molecule has 0 amide bonds. The molecule has 0 fully saturated rings. The Hall–Kier alpha value is -0.250. The second-order valence-corrected chi connectivity index (χ2v) is 6.40. The van der Waals surface area contributed by atoms with Crippen LogP contribution in [0.4, 0.5) is 4.39 Å². The molecule has 0 aromatic rings. The monoisotopic (exact) mass is 292 g/mol. The topological polar surface area (TPSA) is 26.3 Å². The van der Waals surface area contributed by atoms with Gasteiger partial charge < -0.3 is 4.74 Å². The molecule has 0 aliphatic carbocycles. The van der Waals surface area contributed by atoms with Crippen LogP contribution >= 0.6 is 11.8 Å². The summed E-state index contributed by atoms with van der Waals surface area (Å²) in [6, 6.07) is 0. The van der Waals surface area contributed by atoms with Gasteiger partial charge in [0.15, 0.2) is 0 Å². The number of esters is 1. The smallest absolute Gasteiger partial charge is 0.319 e. The Morgan fingerprint density at radius 1 is 1.16 bits per heavy atom.